The zero-order chi connectivity index (χ0) is 32.4. The molecule has 0 bridgehead atoms. The molecule has 0 aliphatic rings. The van der Waals surface area contributed by atoms with Crippen molar-refractivity contribution in [2.75, 3.05) is 19.8 Å². The maximum absolute atomic E-state index is 14.1. The zero-order valence-corrected chi connectivity index (χ0v) is 26.0. The molecule has 2 aromatic carbocycles. The van der Waals surface area contributed by atoms with Gasteiger partial charge in [-0.2, -0.15) is 0 Å². The van der Waals surface area contributed by atoms with Crippen LogP contribution >= 0.6 is 0 Å². The molecule has 0 aromatic heterocycles. The molecule has 43 heavy (non-hydrogen) atoms. The average molecular weight is 600 g/mol. The number of benzene rings is 2. The Morgan fingerprint density at radius 2 is 1.40 bits per heavy atom. The standard InChI is InChI=1S/C32H45N3O8/c1-21-13-11-12-16-23(21)26(35(17-18-36)28(39)25(20-37)34-30(41)43-32(5,6)7)27(38)33-24(29(40)42-31(2,3)4)19-22-14-9-8-10-15-22/h8-16,24-26,36-37H,17-20H2,1-7H3,(H,33,38)(H,34,41). The van der Waals surface area contributed by atoms with Gasteiger partial charge in [0.1, 0.15) is 29.3 Å². The van der Waals surface area contributed by atoms with E-state index in [-0.39, 0.29) is 13.0 Å². The van der Waals surface area contributed by atoms with Crippen LogP contribution in [0.3, 0.4) is 0 Å². The molecule has 0 saturated heterocycles. The van der Waals surface area contributed by atoms with Gasteiger partial charge in [-0.15, -0.1) is 0 Å². The van der Waals surface area contributed by atoms with Crippen LogP contribution in [0.2, 0.25) is 0 Å². The monoisotopic (exact) mass is 599 g/mol. The van der Waals surface area contributed by atoms with Crippen LogP contribution in [0.15, 0.2) is 54.6 Å². The summed E-state index contributed by atoms with van der Waals surface area (Å²) in [5.41, 5.74) is 0.176. The lowest BCUT2D eigenvalue weighted by Crippen LogP contribution is -2.56. The highest BCUT2D eigenvalue weighted by atomic mass is 16.6. The maximum atomic E-state index is 14.1. The van der Waals surface area contributed by atoms with Crippen LogP contribution in [0.5, 0.6) is 0 Å². The number of amides is 3. The van der Waals surface area contributed by atoms with Crippen LogP contribution in [0, 0.1) is 6.92 Å². The van der Waals surface area contributed by atoms with Crippen molar-refractivity contribution in [1.82, 2.24) is 15.5 Å². The van der Waals surface area contributed by atoms with Gasteiger partial charge in [-0.05, 0) is 65.2 Å². The summed E-state index contributed by atoms with van der Waals surface area (Å²) in [7, 11) is 0. The van der Waals surface area contributed by atoms with E-state index in [4.69, 9.17) is 9.47 Å². The van der Waals surface area contributed by atoms with Crippen molar-refractivity contribution < 1.29 is 38.9 Å². The van der Waals surface area contributed by atoms with E-state index in [0.717, 1.165) is 10.5 Å². The molecule has 0 radical (unpaired) electrons. The van der Waals surface area contributed by atoms with E-state index in [1.807, 2.05) is 30.3 Å². The number of aryl methyl sites for hydroxylation is 1. The molecule has 0 aliphatic heterocycles. The number of alkyl carbamates (subject to hydrolysis) is 1. The Morgan fingerprint density at radius 3 is 1.93 bits per heavy atom. The molecule has 0 fully saturated rings. The van der Waals surface area contributed by atoms with E-state index in [1.54, 1.807) is 72.7 Å². The van der Waals surface area contributed by atoms with Crippen molar-refractivity contribution in [1.29, 1.82) is 0 Å². The predicted octanol–water partition coefficient (Wildman–Crippen LogP) is 2.81. The van der Waals surface area contributed by atoms with Gasteiger partial charge >= 0.3 is 12.1 Å². The fourth-order valence-corrected chi connectivity index (χ4v) is 4.32. The zero-order valence-electron chi connectivity index (χ0n) is 26.0. The molecule has 236 valence electrons. The number of nitrogens with zero attached hydrogens (tertiary/aromatic N) is 1. The van der Waals surface area contributed by atoms with Crippen LogP contribution in [-0.2, 0) is 30.3 Å². The fraction of sp³-hybridized carbons (Fsp3) is 0.500. The summed E-state index contributed by atoms with van der Waals surface area (Å²) < 4.78 is 10.8. The third-order valence-corrected chi connectivity index (χ3v) is 6.13. The Labute approximate surface area is 253 Å². The second kappa shape index (κ2) is 15.5. The van der Waals surface area contributed by atoms with Crippen LogP contribution in [0.4, 0.5) is 4.79 Å². The number of aliphatic hydroxyl groups is 2. The second-order valence-electron chi connectivity index (χ2n) is 12.2. The van der Waals surface area contributed by atoms with Crippen LogP contribution in [0.1, 0.15) is 64.3 Å². The number of esters is 1. The lowest BCUT2D eigenvalue weighted by atomic mass is 9.97. The first-order valence-corrected chi connectivity index (χ1v) is 14.2. The minimum atomic E-state index is -1.48. The highest BCUT2D eigenvalue weighted by Crippen LogP contribution is 2.26. The van der Waals surface area contributed by atoms with E-state index in [2.05, 4.69) is 10.6 Å². The van der Waals surface area contributed by atoms with Crippen LogP contribution in [0.25, 0.3) is 0 Å². The predicted molar refractivity (Wildman–Crippen MR) is 161 cm³/mol. The van der Waals surface area contributed by atoms with E-state index in [9.17, 15) is 29.4 Å². The lowest BCUT2D eigenvalue weighted by molar-refractivity contribution is -0.159. The Balaban J connectivity index is 2.53. The number of hydrogen-bond acceptors (Lipinski definition) is 8. The summed E-state index contributed by atoms with van der Waals surface area (Å²) >= 11 is 0. The molecule has 0 saturated carbocycles. The van der Waals surface area contributed by atoms with Crippen molar-refractivity contribution in [3.63, 3.8) is 0 Å². The minimum Gasteiger partial charge on any atom is -0.458 e. The quantitative estimate of drug-likeness (QED) is 0.272. The third-order valence-electron chi connectivity index (χ3n) is 6.13. The molecule has 11 nitrogen and oxygen atoms in total. The van der Waals surface area contributed by atoms with Crippen molar-refractivity contribution in [2.45, 2.75) is 84.2 Å². The Kier molecular flexibility index (Phi) is 12.7. The molecule has 3 amide bonds. The van der Waals surface area contributed by atoms with Gasteiger partial charge in [-0.1, -0.05) is 54.6 Å². The highest BCUT2D eigenvalue weighted by molar-refractivity contribution is 5.94. The van der Waals surface area contributed by atoms with E-state index < -0.39 is 66.4 Å². The molecule has 0 aliphatic carbocycles. The first kappa shape index (κ1) is 35.2. The van der Waals surface area contributed by atoms with Gasteiger partial charge in [-0.25, -0.2) is 9.59 Å². The third kappa shape index (κ3) is 11.3. The molecular weight excluding hydrogens is 554 g/mol. The molecular formula is C32H45N3O8. The number of ether oxygens (including phenoxy) is 2. The highest BCUT2D eigenvalue weighted by Gasteiger charge is 2.38. The molecule has 2 rings (SSSR count). The van der Waals surface area contributed by atoms with Gasteiger partial charge < -0.3 is 35.2 Å². The number of carbonyl (C=O) groups excluding carboxylic acids is 4. The minimum absolute atomic E-state index is 0.120. The maximum Gasteiger partial charge on any atom is 0.408 e. The summed E-state index contributed by atoms with van der Waals surface area (Å²) in [5.74, 6) is -2.20. The summed E-state index contributed by atoms with van der Waals surface area (Å²) in [4.78, 5) is 54.8. The van der Waals surface area contributed by atoms with Gasteiger partial charge in [0, 0.05) is 13.0 Å². The molecule has 3 unspecified atom stereocenters. The fourth-order valence-electron chi connectivity index (χ4n) is 4.32. The molecule has 4 N–H and O–H groups in total. The molecule has 2 aromatic rings. The van der Waals surface area contributed by atoms with Gasteiger partial charge in [0.25, 0.3) is 0 Å². The van der Waals surface area contributed by atoms with Crippen LogP contribution < -0.4 is 10.6 Å². The summed E-state index contributed by atoms with van der Waals surface area (Å²) in [5, 5.41) is 25.1. The van der Waals surface area contributed by atoms with Crippen LogP contribution in [-0.4, -0.2) is 82.0 Å². The van der Waals surface area contributed by atoms with Crippen molar-refractivity contribution in [2.24, 2.45) is 0 Å². The SMILES string of the molecule is Cc1ccccc1C(C(=O)NC(Cc1ccccc1)C(=O)OC(C)(C)C)N(CCO)C(=O)C(CO)NC(=O)OC(C)(C)C. The number of hydrogen-bond donors (Lipinski definition) is 4. The topological polar surface area (TPSA) is 154 Å². The first-order chi connectivity index (χ1) is 20.1. The normalized spacial score (nSPS) is 13.7. The first-order valence-electron chi connectivity index (χ1n) is 14.2. The van der Waals surface area contributed by atoms with E-state index in [1.165, 1.54) is 0 Å². The summed E-state index contributed by atoms with van der Waals surface area (Å²) in [6, 6.07) is 12.1. The molecule has 3 atom stereocenters. The molecule has 11 heteroatoms. The average Bonchev–Trinajstić information content (AvgIpc) is 2.90. The van der Waals surface area contributed by atoms with Gasteiger partial charge in [-0.3, -0.25) is 9.59 Å². The van der Waals surface area contributed by atoms with Crippen molar-refractivity contribution in [3.8, 4) is 0 Å². The second-order valence-corrected chi connectivity index (χ2v) is 12.2. The number of carbonyl (C=O) groups is 4. The largest absolute Gasteiger partial charge is 0.458 e. The Morgan fingerprint density at radius 1 is 0.814 bits per heavy atom. The molecule has 0 heterocycles. The van der Waals surface area contributed by atoms with Gasteiger partial charge in [0.05, 0.1) is 13.2 Å². The Hall–Kier alpha value is -3.96. The number of aliphatic hydroxyl groups excluding tert-OH is 2. The lowest BCUT2D eigenvalue weighted by Gasteiger charge is -2.35. The van der Waals surface area contributed by atoms with Crippen molar-refractivity contribution in [3.05, 3.63) is 71.3 Å². The van der Waals surface area contributed by atoms with E-state index >= 15 is 0 Å². The molecule has 0 spiro atoms. The number of rotatable bonds is 12. The summed E-state index contributed by atoms with van der Waals surface area (Å²) in [6.45, 7) is 10.2. The van der Waals surface area contributed by atoms with Gasteiger partial charge in [0.2, 0.25) is 11.8 Å². The smallest absolute Gasteiger partial charge is 0.408 e. The van der Waals surface area contributed by atoms with Gasteiger partial charge in [0.15, 0.2) is 0 Å². The Bertz CT molecular complexity index is 1240. The summed E-state index contributed by atoms with van der Waals surface area (Å²) in [6.07, 6.45) is -0.816. The van der Waals surface area contributed by atoms with Crippen molar-refractivity contribution >= 4 is 23.9 Å². The van der Waals surface area contributed by atoms with E-state index in [0.29, 0.717) is 11.1 Å². The number of nitrogens with one attached hydrogen (secondary N) is 2.